The van der Waals surface area contributed by atoms with Gasteiger partial charge in [-0.15, -0.1) is 0 Å². The van der Waals surface area contributed by atoms with E-state index in [-0.39, 0.29) is 6.54 Å². The fourth-order valence-electron chi connectivity index (χ4n) is 1.90. The molecule has 8 nitrogen and oxygen atoms in total. The Bertz CT molecular complexity index is 626. The van der Waals surface area contributed by atoms with E-state index in [0.29, 0.717) is 15.5 Å². The number of nitrogens with one attached hydrogen (secondary N) is 1. The summed E-state index contributed by atoms with van der Waals surface area (Å²) in [4.78, 5) is 47.6. The SMILES string of the molecule is COc1ccc(CNC(=O)CN2C(=O)C(=O)N(C)C2=O)cc1. The lowest BCUT2D eigenvalue weighted by Crippen LogP contribution is -2.40. The number of rotatable bonds is 5. The Kier molecular flexibility index (Phi) is 4.40. The topological polar surface area (TPSA) is 96.0 Å². The molecular weight excluding hydrogens is 290 g/mol. The third kappa shape index (κ3) is 3.05. The Hall–Kier alpha value is -2.90. The summed E-state index contributed by atoms with van der Waals surface area (Å²) in [5.74, 6) is -1.76. The van der Waals surface area contributed by atoms with Crippen LogP contribution in [0.5, 0.6) is 5.75 Å². The number of hydrogen-bond acceptors (Lipinski definition) is 5. The van der Waals surface area contributed by atoms with Gasteiger partial charge in [0.15, 0.2) is 0 Å². The van der Waals surface area contributed by atoms with Gasteiger partial charge in [0, 0.05) is 13.6 Å². The molecule has 2 rings (SSSR count). The van der Waals surface area contributed by atoms with Crippen LogP contribution in [0.1, 0.15) is 5.56 Å². The molecule has 116 valence electrons. The van der Waals surface area contributed by atoms with E-state index in [0.717, 1.165) is 5.56 Å². The number of imide groups is 2. The molecule has 0 atom stereocenters. The van der Waals surface area contributed by atoms with Crippen LogP contribution in [-0.2, 0) is 20.9 Å². The van der Waals surface area contributed by atoms with E-state index in [9.17, 15) is 19.2 Å². The van der Waals surface area contributed by atoms with Crippen LogP contribution < -0.4 is 10.1 Å². The van der Waals surface area contributed by atoms with Crippen molar-refractivity contribution >= 4 is 23.8 Å². The van der Waals surface area contributed by atoms with Gasteiger partial charge in [-0.05, 0) is 17.7 Å². The molecule has 0 radical (unpaired) electrons. The largest absolute Gasteiger partial charge is 0.497 e. The second kappa shape index (κ2) is 6.25. The van der Waals surface area contributed by atoms with E-state index in [1.807, 2.05) is 0 Å². The minimum absolute atomic E-state index is 0.239. The molecule has 1 N–H and O–H groups in total. The van der Waals surface area contributed by atoms with Crippen LogP contribution in [0.4, 0.5) is 4.79 Å². The Morgan fingerprint density at radius 2 is 1.77 bits per heavy atom. The van der Waals surface area contributed by atoms with Crippen LogP contribution in [0.2, 0.25) is 0 Å². The average molecular weight is 305 g/mol. The van der Waals surface area contributed by atoms with Gasteiger partial charge in [0.05, 0.1) is 7.11 Å². The maximum Gasteiger partial charge on any atom is 0.334 e. The van der Waals surface area contributed by atoms with Gasteiger partial charge in [-0.25, -0.2) is 9.69 Å². The second-order valence-corrected chi connectivity index (χ2v) is 4.66. The molecule has 5 amide bonds. The van der Waals surface area contributed by atoms with E-state index >= 15 is 0 Å². The minimum Gasteiger partial charge on any atom is -0.497 e. The van der Waals surface area contributed by atoms with Crippen molar-refractivity contribution in [3.05, 3.63) is 29.8 Å². The first-order valence-electron chi connectivity index (χ1n) is 6.47. The summed E-state index contributed by atoms with van der Waals surface area (Å²) in [6, 6.07) is 6.27. The Balaban J connectivity index is 1.89. The molecule has 1 saturated heterocycles. The minimum atomic E-state index is -0.993. The van der Waals surface area contributed by atoms with Crippen molar-refractivity contribution in [3.63, 3.8) is 0 Å². The first-order valence-corrected chi connectivity index (χ1v) is 6.47. The van der Waals surface area contributed by atoms with E-state index in [1.165, 1.54) is 7.05 Å². The Labute approximate surface area is 126 Å². The number of methoxy groups -OCH3 is 1. The monoisotopic (exact) mass is 305 g/mol. The Morgan fingerprint density at radius 1 is 1.14 bits per heavy atom. The Morgan fingerprint density at radius 3 is 2.27 bits per heavy atom. The smallest absolute Gasteiger partial charge is 0.334 e. The zero-order valence-electron chi connectivity index (χ0n) is 12.2. The zero-order valence-corrected chi connectivity index (χ0v) is 12.2. The van der Waals surface area contributed by atoms with Gasteiger partial charge >= 0.3 is 17.8 Å². The predicted molar refractivity (Wildman–Crippen MR) is 74.7 cm³/mol. The number of ether oxygens (including phenoxy) is 1. The lowest BCUT2D eigenvalue weighted by atomic mass is 10.2. The molecule has 0 aromatic heterocycles. The summed E-state index contributed by atoms with van der Waals surface area (Å²) in [6.45, 7) is -0.243. The fourth-order valence-corrected chi connectivity index (χ4v) is 1.90. The standard InChI is InChI=1S/C14H15N3O5/c1-16-12(19)13(20)17(14(16)21)8-11(18)15-7-9-3-5-10(22-2)6-4-9/h3-6H,7-8H2,1-2H3,(H,15,18). The summed E-state index contributed by atoms with van der Waals surface area (Å²) in [6.07, 6.45) is 0. The summed E-state index contributed by atoms with van der Waals surface area (Å²) in [7, 11) is 2.75. The summed E-state index contributed by atoms with van der Waals surface area (Å²) in [5.41, 5.74) is 0.835. The van der Waals surface area contributed by atoms with Crippen molar-refractivity contribution in [1.29, 1.82) is 0 Å². The summed E-state index contributed by atoms with van der Waals surface area (Å²) in [5, 5.41) is 2.58. The van der Waals surface area contributed by atoms with E-state index < -0.39 is 30.3 Å². The number of likely N-dealkylation sites (N-methyl/N-ethyl adjacent to an activating group) is 1. The van der Waals surface area contributed by atoms with Crippen molar-refractivity contribution in [1.82, 2.24) is 15.1 Å². The molecule has 1 aromatic rings. The van der Waals surface area contributed by atoms with Crippen LogP contribution in [-0.4, -0.2) is 54.3 Å². The molecule has 0 spiro atoms. The number of hydrogen-bond donors (Lipinski definition) is 1. The number of urea groups is 1. The van der Waals surface area contributed by atoms with Crippen molar-refractivity contribution in [2.24, 2.45) is 0 Å². The second-order valence-electron chi connectivity index (χ2n) is 4.66. The third-order valence-electron chi connectivity index (χ3n) is 3.20. The highest BCUT2D eigenvalue weighted by Crippen LogP contribution is 2.11. The molecule has 1 heterocycles. The number of carbonyl (C=O) groups excluding carboxylic acids is 4. The quantitative estimate of drug-likeness (QED) is 0.597. The molecule has 8 heteroatoms. The first-order chi connectivity index (χ1) is 10.4. The lowest BCUT2D eigenvalue weighted by Gasteiger charge is -2.12. The highest BCUT2D eigenvalue weighted by molar-refractivity contribution is 6.44. The van der Waals surface area contributed by atoms with Crippen LogP contribution in [0.15, 0.2) is 24.3 Å². The molecule has 1 fully saturated rings. The summed E-state index contributed by atoms with van der Waals surface area (Å²) >= 11 is 0. The molecule has 0 saturated carbocycles. The number of nitrogens with zero attached hydrogens (tertiary/aromatic N) is 2. The van der Waals surface area contributed by atoms with Crippen molar-refractivity contribution in [2.45, 2.75) is 6.54 Å². The van der Waals surface area contributed by atoms with Crippen molar-refractivity contribution < 1.29 is 23.9 Å². The van der Waals surface area contributed by atoms with Gasteiger partial charge in [-0.2, -0.15) is 0 Å². The molecule has 1 aliphatic heterocycles. The fraction of sp³-hybridized carbons (Fsp3) is 0.286. The van der Waals surface area contributed by atoms with E-state index in [2.05, 4.69) is 5.32 Å². The maximum absolute atomic E-state index is 11.8. The molecule has 0 bridgehead atoms. The molecular formula is C14H15N3O5. The van der Waals surface area contributed by atoms with Crippen LogP contribution in [0, 0.1) is 0 Å². The molecule has 22 heavy (non-hydrogen) atoms. The van der Waals surface area contributed by atoms with Crippen molar-refractivity contribution in [2.75, 3.05) is 20.7 Å². The predicted octanol–water partition coefficient (Wildman–Crippen LogP) is -0.268. The van der Waals surface area contributed by atoms with Gasteiger partial charge in [-0.3, -0.25) is 19.3 Å². The van der Waals surface area contributed by atoms with Gasteiger partial charge in [0.1, 0.15) is 12.3 Å². The van der Waals surface area contributed by atoms with E-state index in [1.54, 1.807) is 31.4 Å². The van der Waals surface area contributed by atoms with E-state index in [4.69, 9.17) is 4.74 Å². The van der Waals surface area contributed by atoms with Gasteiger partial charge in [-0.1, -0.05) is 12.1 Å². The number of benzene rings is 1. The number of amides is 5. The summed E-state index contributed by atoms with van der Waals surface area (Å²) < 4.78 is 5.02. The molecule has 1 aromatic carbocycles. The van der Waals surface area contributed by atoms with Crippen LogP contribution in [0.25, 0.3) is 0 Å². The highest BCUT2D eigenvalue weighted by Gasteiger charge is 2.42. The third-order valence-corrected chi connectivity index (χ3v) is 3.20. The lowest BCUT2D eigenvalue weighted by molar-refractivity contribution is -0.143. The van der Waals surface area contributed by atoms with Crippen LogP contribution >= 0.6 is 0 Å². The van der Waals surface area contributed by atoms with Gasteiger partial charge in [0.2, 0.25) is 5.91 Å². The van der Waals surface area contributed by atoms with Gasteiger partial charge < -0.3 is 10.1 Å². The molecule has 0 unspecified atom stereocenters. The zero-order chi connectivity index (χ0) is 16.3. The average Bonchev–Trinajstić information content (AvgIpc) is 2.71. The molecule has 1 aliphatic rings. The number of carbonyl (C=O) groups is 4. The van der Waals surface area contributed by atoms with Crippen molar-refractivity contribution in [3.8, 4) is 5.75 Å². The maximum atomic E-state index is 11.8. The highest BCUT2D eigenvalue weighted by atomic mass is 16.5. The van der Waals surface area contributed by atoms with Crippen LogP contribution in [0.3, 0.4) is 0 Å². The first kappa shape index (κ1) is 15.5. The molecule has 0 aliphatic carbocycles. The van der Waals surface area contributed by atoms with Gasteiger partial charge in [0.25, 0.3) is 0 Å². The normalized spacial score (nSPS) is 14.5.